The number of rotatable bonds is 7. The number of primary amides is 1. The zero-order valence-electron chi connectivity index (χ0n) is 20.9. The average molecular weight is 520 g/mol. The van der Waals surface area contributed by atoms with Crippen molar-refractivity contribution in [1.29, 1.82) is 0 Å². The molecule has 1 fully saturated rings. The second-order valence-electron chi connectivity index (χ2n) is 9.97. The van der Waals surface area contributed by atoms with Gasteiger partial charge in [-0.1, -0.05) is 30.3 Å². The standard InChI is InChI=1S/C25H33N3O7S/c1-24(2,3)35-23(31)28-13-7-10-19(16-28)25(22(26)30,15-21(29)34-4)27-36(32,33)20-12-11-17-8-5-6-9-18(17)14-20/h5-6,8-9,11-12,14,19,27H,7,10,13,15-16H2,1-4H3,(H2,26,30)/t19-,25?/m0/s1. The van der Waals surface area contributed by atoms with Crippen LogP contribution in [0.3, 0.4) is 0 Å². The molecule has 2 aromatic rings. The van der Waals surface area contributed by atoms with E-state index in [9.17, 15) is 22.8 Å². The lowest BCUT2D eigenvalue weighted by Crippen LogP contribution is -2.65. The van der Waals surface area contributed by atoms with Gasteiger partial charge in [-0.25, -0.2) is 13.2 Å². The van der Waals surface area contributed by atoms with Gasteiger partial charge in [0.05, 0.1) is 18.4 Å². The van der Waals surface area contributed by atoms with E-state index in [1.165, 1.54) is 17.0 Å². The maximum Gasteiger partial charge on any atom is 0.410 e. The summed E-state index contributed by atoms with van der Waals surface area (Å²) in [6.45, 7) is 5.52. The number of likely N-dealkylation sites (tertiary alicyclic amines) is 1. The van der Waals surface area contributed by atoms with Crippen molar-refractivity contribution >= 4 is 38.8 Å². The molecule has 0 spiro atoms. The molecule has 1 aliphatic heterocycles. The first-order valence-electron chi connectivity index (χ1n) is 11.6. The molecule has 0 radical (unpaired) electrons. The molecular formula is C25H33N3O7S. The fourth-order valence-corrected chi connectivity index (χ4v) is 5.87. The Hall–Kier alpha value is -3.18. The molecule has 0 aliphatic carbocycles. The lowest BCUT2D eigenvalue weighted by atomic mass is 9.76. The Bertz CT molecular complexity index is 1260. The molecule has 2 atom stereocenters. The van der Waals surface area contributed by atoms with Crippen molar-refractivity contribution in [3.8, 4) is 0 Å². The Morgan fingerprint density at radius 3 is 2.39 bits per heavy atom. The normalized spacial score (nSPS) is 18.3. The minimum absolute atomic E-state index is 0.0327. The van der Waals surface area contributed by atoms with E-state index in [0.29, 0.717) is 24.8 Å². The van der Waals surface area contributed by atoms with Crippen LogP contribution < -0.4 is 10.5 Å². The third-order valence-electron chi connectivity index (χ3n) is 6.21. The van der Waals surface area contributed by atoms with Crippen molar-refractivity contribution in [3.05, 3.63) is 42.5 Å². The summed E-state index contributed by atoms with van der Waals surface area (Å²) in [5, 5.41) is 1.53. The summed E-state index contributed by atoms with van der Waals surface area (Å²) in [5.41, 5.74) is 3.03. The van der Waals surface area contributed by atoms with Crippen molar-refractivity contribution in [1.82, 2.24) is 9.62 Å². The van der Waals surface area contributed by atoms with Crippen LogP contribution in [0.4, 0.5) is 4.79 Å². The molecule has 1 unspecified atom stereocenters. The van der Waals surface area contributed by atoms with Gasteiger partial charge in [-0.15, -0.1) is 0 Å². The van der Waals surface area contributed by atoms with Crippen molar-refractivity contribution in [2.45, 2.75) is 56.1 Å². The number of nitrogens with two attached hydrogens (primary N) is 1. The van der Waals surface area contributed by atoms with Gasteiger partial charge in [-0.05, 0) is 56.5 Å². The number of hydrogen-bond donors (Lipinski definition) is 2. The number of nitrogens with zero attached hydrogens (tertiary/aromatic N) is 1. The van der Waals surface area contributed by atoms with Crippen LogP contribution in [0.2, 0.25) is 0 Å². The first kappa shape index (κ1) is 27.4. The maximum atomic E-state index is 13.5. The van der Waals surface area contributed by atoms with Crippen molar-refractivity contribution < 1.29 is 32.3 Å². The molecule has 0 aromatic heterocycles. The molecule has 0 bridgehead atoms. The lowest BCUT2D eigenvalue weighted by molar-refractivity contribution is -0.146. The molecule has 1 aliphatic rings. The monoisotopic (exact) mass is 519 g/mol. The SMILES string of the molecule is COC(=O)CC(NS(=O)(=O)c1ccc2ccccc2c1)(C(N)=O)[C@H]1CCCN(C(=O)OC(C)(C)C)C1. The highest BCUT2D eigenvalue weighted by Crippen LogP contribution is 2.33. The lowest BCUT2D eigenvalue weighted by Gasteiger charge is -2.43. The Morgan fingerprint density at radius 2 is 1.78 bits per heavy atom. The first-order valence-corrected chi connectivity index (χ1v) is 13.1. The van der Waals surface area contributed by atoms with Crippen molar-refractivity contribution in [2.24, 2.45) is 11.7 Å². The summed E-state index contributed by atoms with van der Waals surface area (Å²) in [5.74, 6) is -2.65. The highest BCUT2D eigenvalue weighted by Gasteiger charge is 2.51. The smallest absolute Gasteiger partial charge is 0.410 e. The second kappa shape index (κ2) is 10.4. The number of hydrogen-bond acceptors (Lipinski definition) is 7. The van der Waals surface area contributed by atoms with Crippen LogP contribution in [0.5, 0.6) is 0 Å². The van der Waals surface area contributed by atoms with Gasteiger partial charge in [0.25, 0.3) is 0 Å². The average Bonchev–Trinajstić information content (AvgIpc) is 2.81. The third-order valence-corrected chi connectivity index (χ3v) is 7.72. The van der Waals surface area contributed by atoms with Crippen LogP contribution in [0.15, 0.2) is 47.4 Å². The van der Waals surface area contributed by atoms with Gasteiger partial charge in [-0.2, -0.15) is 4.72 Å². The number of sulfonamides is 1. The van der Waals surface area contributed by atoms with E-state index in [1.54, 1.807) is 39.0 Å². The molecule has 11 heteroatoms. The Balaban J connectivity index is 2.01. The number of fused-ring (bicyclic) bond motifs is 1. The number of methoxy groups -OCH3 is 1. The topological polar surface area (TPSA) is 145 Å². The van der Waals surface area contributed by atoms with Gasteiger partial charge in [0, 0.05) is 19.0 Å². The fourth-order valence-electron chi connectivity index (χ4n) is 4.41. The highest BCUT2D eigenvalue weighted by molar-refractivity contribution is 7.89. The molecule has 3 N–H and O–H groups in total. The molecular weight excluding hydrogens is 486 g/mol. The van der Waals surface area contributed by atoms with E-state index in [0.717, 1.165) is 12.5 Å². The minimum atomic E-state index is -4.32. The molecule has 2 amide bonds. The Kier molecular flexibility index (Phi) is 7.94. The Labute approximate surface area is 211 Å². The number of nitrogens with one attached hydrogen (secondary N) is 1. The number of amides is 2. The van der Waals surface area contributed by atoms with E-state index in [4.69, 9.17) is 15.2 Å². The summed E-state index contributed by atoms with van der Waals surface area (Å²) in [7, 11) is -3.18. The summed E-state index contributed by atoms with van der Waals surface area (Å²) in [4.78, 5) is 39.4. The van der Waals surface area contributed by atoms with Crippen LogP contribution in [0.1, 0.15) is 40.0 Å². The predicted octanol–water partition coefficient (Wildman–Crippen LogP) is 2.55. The van der Waals surface area contributed by atoms with Gasteiger partial charge in [0.1, 0.15) is 11.1 Å². The number of carbonyl (C=O) groups excluding carboxylic acids is 3. The number of carbonyl (C=O) groups is 3. The van der Waals surface area contributed by atoms with Crippen LogP contribution in [0.25, 0.3) is 10.8 Å². The second-order valence-corrected chi connectivity index (χ2v) is 11.7. The number of esters is 1. The number of benzene rings is 2. The molecule has 10 nitrogen and oxygen atoms in total. The Morgan fingerprint density at radius 1 is 1.11 bits per heavy atom. The summed E-state index contributed by atoms with van der Waals surface area (Å²) in [6, 6.07) is 11.8. The summed E-state index contributed by atoms with van der Waals surface area (Å²) >= 11 is 0. The molecule has 1 heterocycles. The van der Waals surface area contributed by atoms with Gasteiger partial charge in [0.2, 0.25) is 15.9 Å². The number of piperidine rings is 1. The fraction of sp³-hybridized carbons (Fsp3) is 0.480. The molecule has 3 rings (SSSR count). The van der Waals surface area contributed by atoms with Gasteiger partial charge in [-0.3, -0.25) is 9.59 Å². The van der Waals surface area contributed by atoms with Gasteiger partial charge in [0.15, 0.2) is 0 Å². The molecule has 1 saturated heterocycles. The zero-order chi connectivity index (χ0) is 26.7. The van der Waals surface area contributed by atoms with E-state index in [2.05, 4.69) is 4.72 Å². The third kappa shape index (κ3) is 6.14. The van der Waals surface area contributed by atoms with Crippen molar-refractivity contribution in [3.63, 3.8) is 0 Å². The number of ether oxygens (including phenoxy) is 2. The maximum absolute atomic E-state index is 13.5. The quantitative estimate of drug-likeness (QED) is 0.535. The van der Waals surface area contributed by atoms with E-state index >= 15 is 0 Å². The van der Waals surface area contributed by atoms with Gasteiger partial charge >= 0.3 is 12.1 Å². The summed E-state index contributed by atoms with van der Waals surface area (Å²) < 4.78 is 39.7. The van der Waals surface area contributed by atoms with Crippen LogP contribution in [0, 0.1) is 5.92 Å². The molecule has 36 heavy (non-hydrogen) atoms. The highest BCUT2D eigenvalue weighted by atomic mass is 32.2. The zero-order valence-corrected chi connectivity index (χ0v) is 21.8. The molecule has 196 valence electrons. The van der Waals surface area contributed by atoms with Crippen LogP contribution in [-0.2, 0) is 29.1 Å². The van der Waals surface area contributed by atoms with Crippen molar-refractivity contribution in [2.75, 3.05) is 20.2 Å². The minimum Gasteiger partial charge on any atom is -0.469 e. The first-order chi connectivity index (χ1) is 16.8. The molecule has 0 saturated carbocycles. The predicted molar refractivity (Wildman–Crippen MR) is 133 cm³/mol. The van der Waals surface area contributed by atoms with Crippen LogP contribution >= 0.6 is 0 Å². The molecule has 2 aromatic carbocycles. The van der Waals surface area contributed by atoms with E-state index in [1.807, 2.05) is 12.1 Å². The largest absolute Gasteiger partial charge is 0.469 e. The van der Waals surface area contributed by atoms with E-state index < -0.39 is 51.5 Å². The van der Waals surface area contributed by atoms with Crippen LogP contribution in [-0.4, -0.2) is 62.6 Å². The van der Waals surface area contributed by atoms with Gasteiger partial charge < -0.3 is 20.1 Å². The van der Waals surface area contributed by atoms with E-state index in [-0.39, 0.29) is 11.4 Å². The summed E-state index contributed by atoms with van der Waals surface area (Å²) in [6.07, 6.45) is -0.420.